The first-order valence-corrected chi connectivity index (χ1v) is 6.14. The van der Waals surface area contributed by atoms with Crippen molar-refractivity contribution in [1.29, 1.82) is 0 Å². The summed E-state index contributed by atoms with van der Waals surface area (Å²) >= 11 is 0. The van der Waals surface area contributed by atoms with Crippen LogP contribution in [0.1, 0.15) is 64.7 Å². The summed E-state index contributed by atoms with van der Waals surface area (Å²) in [7, 11) is 0. The monoisotopic (exact) mass is 194 g/mol. The molecule has 0 N–H and O–H groups in total. The molecule has 0 aliphatic rings. The molecule has 0 bridgehead atoms. The molecular weight excluding hydrogens is 168 g/mol. The lowest BCUT2D eigenvalue weighted by atomic mass is 10.1. The van der Waals surface area contributed by atoms with Crippen molar-refractivity contribution in [3.8, 4) is 0 Å². The van der Waals surface area contributed by atoms with E-state index in [0.29, 0.717) is 0 Å². The Morgan fingerprint density at radius 1 is 0.786 bits per heavy atom. The van der Waals surface area contributed by atoms with Crippen molar-refractivity contribution >= 4 is 0 Å². The van der Waals surface area contributed by atoms with E-state index in [1.807, 2.05) is 6.08 Å². The van der Waals surface area contributed by atoms with Crippen LogP contribution in [0, 0.1) is 0 Å². The Balaban J connectivity index is 2.88. The SMILES string of the molecule is C=CCCCCCCCCC/C=C/C. The predicted molar refractivity (Wildman–Crippen MR) is 66.6 cm³/mol. The van der Waals surface area contributed by atoms with Crippen LogP contribution in [0.2, 0.25) is 0 Å². The molecule has 0 spiro atoms. The van der Waals surface area contributed by atoms with Crippen LogP contribution in [0.25, 0.3) is 0 Å². The second-order valence-corrected chi connectivity index (χ2v) is 3.91. The van der Waals surface area contributed by atoms with Crippen molar-refractivity contribution in [2.45, 2.75) is 64.7 Å². The Kier molecular flexibility index (Phi) is 12.0. The lowest BCUT2D eigenvalue weighted by Crippen LogP contribution is -1.80. The molecule has 82 valence electrons. The molecular formula is C14H26. The fourth-order valence-corrected chi connectivity index (χ4v) is 1.60. The molecule has 0 nitrogen and oxygen atoms in total. The minimum Gasteiger partial charge on any atom is -0.103 e. The van der Waals surface area contributed by atoms with E-state index >= 15 is 0 Å². The van der Waals surface area contributed by atoms with Crippen LogP contribution < -0.4 is 0 Å². The molecule has 0 heteroatoms. The van der Waals surface area contributed by atoms with Gasteiger partial charge in [0.05, 0.1) is 0 Å². The summed E-state index contributed by atoms with van der Waals surface area (Å²) in [5.41, 5.74) is 0. The highest BCUT2D eigenvalue weighted by Gasteiger charge is 1.90. The zero-order chi connectivity index (χ0) is 10.5. The smallest absolute Gasteiger partial charge is 0.0351 e. The topological polar surface area (TPSA) is 0 Å². The minimum atomic E-state index is 1.20. The largest absolute Gasteiger partial charge is 0.103 e. The normalized spacial score (nSPS) is 10.9. The highest BCUT2D eigenvalue weighted by Crippen LogP contribution is 2.09. The molecule has 0 atom stereocenters. The fourth-order valence-electron chi connectivity index (χ4n) is 1.60. The quantitative estimate of drug-likeness (QED) is 0.329. The van der Waals surface area contributed by atoms with Gasteiger partial charge in [-0.2, -0.15) is 0 Å². The van der Waals surface area contributed by atoms with Gasteiger partial charge in [-0.15, -0.1) is 6.58 Å². The molecule has 0 saturated heterocycles. The van der Waals surface area contributed by atoms with E-state index in [9.17, 15) is 0 Å². The van der Waals surface area contributed by atoms with E-state index in [4.69, 9.17) is 0 Å². The van der Waals surface area contributed by atoms with Crippen molar-refractivity contribution in [3.63, 3.8) is 0 Å². The van der Waals surface area contributed by atoms with E-state index in [2.05, 4.69) is 25.7 Å². The summed E-state index contributed by atoms with van der Waals surface area (Å²) in [6.45, 7) is 5.83. The summed E-state index contributed by atoms with van der Waals surface area (Å²) in [5.74, 6) is 0. The molecule has 0 heterocycles. The Bertz CT molecular complexity index is 133. The summed E-state index contributed by atoms with van der Waals surface area (Å²) in [5, 5.41) is 0. The van der Waals surface area contributed by atoms with Gasteiger partial charge in [0.2, 0.25) is 0 Å². The van der Waals surface area contributed by atoms with Crippen LogP contribution in [-0.4, -0.2) is 0 Å². The number of hydrogen-bond acceptors (Lipinski definition) is 0. The van der Waals surface area contributed by atoms with Gasteiger partial charge in [-0.1, -0.05) is 50.3 Å². The third-order valence-electron chi connectivity index (χ3n) is 2.51. The highest BCUT2D eigenvalue weighted by atomic mass is 14.0. The van der Waals surface area contributed by atoms with Crippen LogP contribution in [0.5, 0.6) is 0 Å². The van der Waals surface area contributed by atoms with Gasteiger partial charge >= 0.3 is 0 Å². The molecule has 0 unspecified atom stereocenters. The standard InChI is InChI=1S/C14H26/c1-3-5-7-9-11-13-14-12-10-8-6-4-2/h3-4,6H,1,5,7-14H2,2H3/b6-4+. The average Bonchev–Trinajstić information content (AvgIpc) is 2.21. The van der Waals surface area contributed by atoms with Gasteiger partial charge in [-0.25, -0.2) is 0 Å². The Morgan fingerprint density at radius 3 is 1.79 bits per heavy atom. The van der Waals surface area contributed by atoms with Crippen molar-refractivity contribution in [2.24, 2.45) is 0 Å². The van der Waals surface area contributed by atoms with Crippen LogP contribution in [0.3, 0.4) is 0 Å². The van der Waals surface area contributed by atoms with E-state index < -0.39 is 0 Å². The van der Waals surface area contributed by atoms with Crippen molar-refractivity contribution in [3.05, 3.63) is 24.8 Å². The van der Waals surface area contributed by atoms with Crippen molar-refractivity contribution in [1.82, 2.24) is 0 Å². The summed E-state index contributed by atoms with van der Waals surface area (Å²) < 4.78 is 0. The van der Waals surface area contributed by atoms with Crippen LogP contribution in [0.4, 0.5) is 0 Å². The number of unbranched alkanes of at least 4 members (excludes halogenated alkanes) is 8. The number of allylic oxidation sites excluding steroid dienone is 3. The van der Waals surface area contributed by atoms with Gasteiger partial charge in [0.25, 0.3) is 0 Å². The number of hydrogen-bond donors (Lipinski definition) is 0. The molecule has 0 aromatic carbocycles. The third kappa shape index (κ3) is 11.5. The van der Waals surface area contributed by atoms with E-state index in [0.717, 1.165) is 0 Å². The summed E-state index contributed by atoms with van der Waals surface area (Å²) in [4.78, 5) is 0. The molecule has 0 radical (unpaired) electrons. The lowest BCUT2D eigenvalue weighted by molar-refractivity contribution is 0.584. The maximum absolute atomic E-state index is 3.73. The first-order valence-electron chi connectivity index (χ1n) is 6.14. The lowest BCUT2D eigenvalue weighted by Gasteiger charge is -1.99. The maximum Gasteiger partial charge on any atom is -0.0351 e. The molecule has 0 amide bonds. The van der Waals surface area contributed by atoms with Gasteiger partial charge in [0.1, 0.15) is 0 Å². The first-order chi connectivity index (χ1) is 6.91. The molecule has 0 aromatic heterocycles. The first kappa shape index (κ1) is 13.5. The molecule has 14 heavy (non-hydrogen) atoms. The van der Waals surface area contributed by atoms with Gasteiger partial charge in [0.15, 0.2) is 0 Å². The summed E-state index contributed by atoms with van der Waals surface area (Å²) in [6.07, 6.45) is 18.7. The summed E-state index contributed by atoms with van der Waals surface area (Å²) in [6, 6.07) is 0. The van der Waals surface area contributed by atoms with Crippen LogP contribution >= 0.6 is 0 Å². The third-order valence-corrected chi connectivity index (χ3v) is 2.51. The highest BCUT2D eigenvalue weighted by molar-refractivity contribution is 4.76. The van der Waals surface area contributed by atoms with E-state index in [-0.39, 0.29) is 0 Å². The molecule has 0 aliphatic heterocycles. The maximum atomic E-state index is 3.73. The van der Waals surface area contributed by atoms with Crippen molar-refractivity contribution in [2.75, 3.05) is 0 Å². The van der Waals surface area contributed by atoms with Crippen molar-refractivity contribution < 1.29 is 0 Å². The second kappa shape index (κ2) is 12.5. The molecule has 0 aromatic rings. The van der Waals surface area contributed by atoms with E-state index in [1.54, 1.807) is 0 Å². The molecule has 0 rings (SSSR count). The second-order valence-electron chi connectivity index (χ2n) is 3.91. The fraction of sp³-hybridized carbons (Fsp3) is 0.714. The van der Waals surface area contributed by atoms with Crippen LogP contribution in [0.15, 0.2) is 24.8 Å². The van der Waals surface area contributed by atoms with Gasteiger partial charge in [-0.05, 0) is 32.6 Å². The Morgan fingerprint density at radius 2 is 1.29 bits per heavy atom. The van der Waals surface area contributed by atoms with Gasteiger partial charge in [-0.3, -0.25) is 0 Å². The minimum absolute atomic E-state index is 1.20. The van der Waals surface area contributed by atoms with E-state index in [1.165, 1.54) is 57.8 Å². The number of rotatable bonds is 10. The zero-order valence-corrected chi connectivity index (χ0v) is 9.80. The zero-order valence-electron chi connectivity index (χ0n) is 9.80. The van der Waals surface area contributed by atoms with Gasteiger partial charge in [0, 0.05) is 0 Å². The van der Waals surface area contributed by atoms with Gasteiger partial charge < -0.3 is 0 Å². The molecule has 0 aliphatic carbocycles. The molecule has 0 fully saturated rings. The molecule has 0 saturated carbocycles. The Hall–Kier alpha value is -0.520. The predicted octanol–water partition coefficient (Wildman–Crippen LogP) is 5.26. The van der Waals surface area contributed by atoms with Crippen LogP contribution in [-0.2, 0) is 0 Å². The Labute approximate surface area is 90.1 Å². The average molecular weight is 194 g/mol.